The smallest absolute Gasteiger partial charge is 0.387 e. The molecule has 1 fully saturated rings. The van der Waals surface area contributed by atoms with Gasteiger partial charge < -0.3 is 25.4 Å². The summed E-state index contributed by atoms with van der Waals surface area (Å²) in [6.45, 7) is 0. The van der Waals surface area contributed by atoms with Crippen LogP contribution in [0.3, 0.4) is 0 Å². The molecule has 2 aromatic heterocycles. The van der Waals surface area contributed by atoms with Crippen molar-refractivity contribution in [3.05, 3.63) is 67.2 Å². The maximum Gasteiger partial charge on any atom is 0.649 e. The number of nitrogens with two attached hydrogens (primary N) is 1. The van der Waals surface area contributed by atoms with Crippen LogP contribution >= 0.6 is 0 Å². The van der Waals surface area contributed by atoms with Gasteiger partial charge in [0.05, 0.1) is 6.33 Å². The van der Waals surface area contributed by atoms with Gasteiger partial charge in [0.25, 0.3) is 11.7 Å². The Balaban J connectivity index is 1.79. The zero-order valence-electron chi connectivity index (χ0n) is 15.8. The van der Waals surface area contributed by atoms with Crippen molar-refractivity contribution in [2.75, 3.05) is 5.73 Å². The number of rotatable bonds is 6. The molecule has 5 N–H and O–H groups in total. The first-order valence-electron chi connectivity index (χ1n) is 8.93. The first kappa shape index (κ1) is 21.1. The Morgan fingerprint density at radius 3 is 2.47 bits per heavy atom. The summed E-state index contributed by atoms with van der Waals surface area (Å²) in [6.07, 6.45) is -6.97. The number of nitro groups is 2. The number of hydrogen-bond donors (Lipinski definition) is 4. The highest BCUT2D eigenvalue weighted by Gasteiger charge is 2.74. The minimum absolute atomic E-state index is 0.181. The summed E-state index contributed by atoms with van der Waals surface area (Å²) in [5.74, 6) is -4.06. The van der Waals surface area contributed by atoms with Crippen molar-refractivity contribution < 1.29 is 29.5 Å². The van der Waals surface area contributed by atoms with E-state index in [-0.39, 0.29) is 22.9 Å². The molecular weight excluding hydrogens is 434 g/mol. The third kappa shape index (κ3) is 3.09. The lowest BCUT2D eigenvalue weighted by atomic mass is 10.1. The summed E-state index contributed by atoms with van der Waals surface area (Å²) >= 11 is 0. The molecule has 0 unspecified atom stereocenters. The number of ether oxygens (including phenoxy) is 2. The summed E-state index contributed by atoms with van der Waals surface area (Å²) in [5, 5.41) is 44.8. The van der Waals surface area contributed by atoms with Crippen molar-refractivity contribution in [3.8, 4) is 5.75 Å². The van der Waals surface area contributed by atoms with Crippen molar-refractivity contribution in [1.82, 2.24) is 19.5 Å². The van der Waals surface area contributed by atoms with Crippen LogP contribution in [0.2, 0.25) is 0 Å². The van der Waals surface area contributed by atoms with Crippen LogP contribution in [-0.2, 0) is 4.74 Å². The van der Waals surface area contributed by atoms with Gasteiger partial charge in [-0.05, 0) is 12.1 Å². The van der Waals surface area contributed by atoms with Crippen LogP contribution < -0.4 is 16.0 Å². The lowest BCUT2D eigenvalue weighted by Gasteiger charge is -2.23. The first-order valence-corrected chi connectivity index (χ1v) is 8.93. The lowest BCUT2D eigenvalue weighted by molar-refractivity contribution is -0.850. The van der Waals surface area contributed by atoms with Crippen LogP contribution in [0.1, 0.15) is 6.23 Å². The maximum absolute atomic E-state index is 12.0. The number of anilines is 1. The van der Waals surface area contributed by atoms with Gasteiger partial charge in [-0.15, -0.1) is 0 Å². The highest BCUT2D eigenvalue weighted by Crippen LogP contribution is 2.38. The molecular formula is C16H15N7O9. The number of fused-ring (bicyclic) bond motifs is 1. The van der Waals surface area contributed by atoms with E-state index in [0.29, 0.717) is 0 Å². The van der Waals surface area contributed by atoms with Gasteiger partial charge >= 0.3 is 5.85 Å². The third-order valence-electron chi connectivity index (χ3n) is 4.87. The molecule has 3 aromatic rings. The fourth-order valence-corrected chi connectivity index (χ4v) is 3.40. The number of aliphatic hydroxyl groups excluding tert-OH is 2. The molecule has 0 saturated carbocycles. The van der Waals surface area contributed by atoms with Crippen molar-refractivity contribution in [1.29, 1.82) is 0 Å². The van der Waals surface area contributed by atoms with Crippen molar-refractivity contribution in [3.63, 3.8) is 0 Å². The fraction of sp³-hybridized carbons (Fsp3) is 0.312. The van der Waals surface area contributed by atoms with Gasteiger partial charge in [0.1, 0.15) is 27.8 Å². The molecule has 1 aliphatic rings. The molecule has 0 radical (unpaired) electrons. The molecule has 0 aliphatic carbocycles. The van der Waals surface area contributed by atoms with E-state index in [1.165, 1.54) is 24.3 Å². The molecule has 1 aliphatic heterocycles. The van der Waals surface area contributed by atoms with Gasteiger partial charge in [-0.2, -0.15) is 4.98 Å². The van der Waals surface area contributed by atoms with Gasteiger partial charge in [-0.3, -0.25) is 34.6 Å². The van der Waals surface area contributed by atoms with Crippen LogP contribution in [0.5, 0.6) is 5.75 Å². The quantitative estimate of drug-likeness (QED) is 0.193. The van der Waals surface area contributed by atoms with E-state index < -0.39 is 45.8 Å². The molecule has 4 rings (SSSR count). The van der Waals surface area contributed by atoms with E-state index in [0.717, 1.165) is 10.9 Å². The zero-order valence-corrected chi connectivity index (χ0v) is 15.8. The molecule has 1 saturated heterocycles. The number of benzene rings is 1. The second kappa shape index (κ2) is 7.52. The van der Waals surface area contributed by atoms with Gasteiger partial charge in [0, 0.05) is 0 Å². The number of hydrogen-bond acceptors (Lipinski definition) is 12. The van der Waals surface area contributed by atoms with E-state index in [4.69, 9.17) is 15.2 Å². The van der Waals surface area contributed by atoms with Crippen LogP contribution in [0, 0.1) is 20.2 Å². The van der Waals surface area contributed by atoms with Crippen LogP contribution in [0.25, 0.3) is 11.2 Å². The van der Waals surface area contributed by atoms with Gasteiger partial charge in [-0.25, -0.2) is 4.98 Å². The topological polar surface area (TPSA) is 235 Å². The summed E-state index contributed by atoms with van der Waals surface area (Å²) in [7, 11) is 0. The minimum atomic E-state index is -3.52. The van der Waals surface area contributed by atoms with Crippen LogP contribution in [-0.4, -0.2) is 63.7 Å². The van der Waals surface area contributed by atoms with Crippen molar-refractivity contribution in [2.24, 2.45) is 0 Å². The average Bonchev–Trinajstić information content (AvgIpc) is 3.28. The second-order valence-corrected chi connectivity index (χ2v) is 6.79. The lowest BCUT2D eigenvalue weighted by Crippen LogP contribution is -2.63. The number of H-pyrrole nitrogens is 1. The number of aliphatic hydroxyl groups is 2. The molecule has 0 bridgehead atoms. The first-order chi connectivity index (χ1) is 15.2. The average molecular weight is 449 g/mol. The van der Waals surface area contributed by atoms with Crippen molar-refractivity contribution in [2.45, 2.75) is 30.4 Å². The minimum Gasteiger partial charge on any atom is -0.387 e. The van der Waals surface area contributed by atoms with E-state index >= 15 is 0 Å². The number of nitrogen functional groups attached to an aromatic ring is 1. The van der Waals surface area contributed by atoms with Crippen molar-refractivity contribution >= 4 is 17.1 Å². The Kier molecular flexibility index (Phi) is 4.96. The summed E-state index contributed by atoms with van der Waals surface area (Å²) in [6, 6.07) is 6.88. The number of nitrogens with one attached hydrogen (secondary N) is 1. The molecule has 1 aromatic carbocycles. The van der Waals surface area contributed by atoms with E-state index in [1.807, 2.05) is 0 Å². The largest absolute Gasteiger partial charge is 0.649 e. The van der Waals surface area contributed by atoms with E-state index in [2.05, 4.69) is 15.0 Å². The van der Waals surface area contributed by atoms with Gasteiger partial charge in [0.15, 0.2) is 17.4 Å². The number of aromatic amines is 1. The molecule has 16 nitrogen and oxygen atoms in total. The molecule has 16 heteroatoms. The fourth-order valence-electron chi connectivity index (χ4n) is 3.40. The maximum atomic E-state index is 12.0. The number of imidazole rings is 1. The molecule has 0 spiro atoms. The molecule has 168 valence electrons. The zero-order chi connectivity index (χ0) is 23.2. The summed E-state index contributed by atoms with van der Waals surface area (Å²) in [4.78, 5) is 42.9. The normalized spacial score (nSPS) is 23.3. The Labute approximate surface area is 176 Å². The summed E-state index contributed by atoms with van der Waals surface area (Å²) < 4.78 is 11.5. The number of para-hydroxylation sites is 1. The highest BCUT2D eigenvalue weighted by molar-refractivity contribution is 5.70. The molecule has 0 amide bonds. The monoisotopic (exact) mass is 449 g/mol. The molecule has 3 heterocycles. The Morgan fingerprint density at radius 1 is 1.19 bits per heavy atom. The number of aromatic nitrogens is 4. The Bertz CT molecular complexity index is 1230. The van der Waals surface area contributed by atoms with Crippen LogP contribution in [0.15, 0.2) is 41.5 Å². The highest BCUT2D eigenvalue weighted by atomic mass is 16.8. The molecule has 32 heavy (non-hydrogen) atoms. The van der Waals surface area contributed by atoms with Gasteiger partial charge in [-0.1, -0.05) is 18.2 Å². The second-order valence-electron chi connectivity index (χ2n) is 6.79. The SMILES string of the molecule is Nc1nc2c(ncn2[C@@H]2O[C@H](C(Oc3ccccc3)([N+](=O)[O-])[N+](=O)[O-])[C@@H](O)[C@H]2O)c(=O)[nH]1. The van der Waals surface area contributed by atoms with Crippen LogP contribution in [0.4, 0.5) is 5.95 Å². The Morgan fingerprint density at radius 2 is 1.84 bits per heavy atom. The standard InChI is InChI=1S/C16H15N7O9/c17-15-19-12-8(13(26)20-15)18-6-21(12)14-10(25)9(24)11(31-14)16(22(27)28,23(29)30)32-7-4-2-1-3-5-7/h1-6,9-11,14,24-25H,(H3,17,19,20,26)/t9-,10+,11-,14+/m0/s1. The predicted octanol–water partition coefficient (Wildman–Crippen LogP) is -1.39. The summed E-state index contributed by atoms with van der Waals surface area (Å²) in [5.41, 5.74) is 4.42. The molecule has 4 atom stereocenters. The number of nitrogens with zero attached hydrogens (tertiary/aromatic N) is 5. The van der Waals surface area contributed by atoms with E-state index in [1.54, 1.807) is 6.07 Å². The predicted molar refractivity (Wildman–Crippen MR) is 102 cm³/mol. The Hall–Kier alpha value is -4.15. The van der Waals surface area contributed by atoms with E-state index in [9.17, 15) is 35.2 Å². The third-order valence-corrected chi connectivity index (χ3v) is 4.87. The van der Waals surface area contributed by atoms with Gasteiger partial charge in [0.2, 0.25) is 5.95 Å².